The quantitative estimate of drug-likeness (QED) is 0.413. The zero-order valence-corrected chi connectivity index (χ0v) is 19.6. The molecule has 0 saturated heterocycles. The van der Waals surface area contributed by atoms with Gasteiger partial charge in [-0.2, -0.15) is 0 Å². The lowest BCUT2D eigenvalue weighted by Gasteiger charge is -2.29. The number of aliphatic hydroxyl groups is 5. The summed E-state index contributed by atoms with van der Waals surface area (Å²) in [5.74, 6) is 1.35. The predicted octanol–water partition coefficient (Wildman–Crippen LogP) is 3.31. The Hall–Kier alpha value is -0.200. The third-order valence-electron chi connectivity index (χ3n) is 5.94. The van der Waals surface area contributed by atoms with Crippen molar-refractivity contribution >= 4 is 0 Å². The highest BCUT2D eigenvalue weighted by atomic mass is 16.3. The van der Waals surface area contributed by atoms with Crippen molar-refractivity contribution in [2.75, 3.05) is 19.8 Å². The maximum Gasteiger partial charge on any atom is 0.0564 e. The van der Waals surface area contributed by atoms with Gasteiger partial charge in [0.05, 0.1) is 12.2 Å². The fourth-order valence-corrected chi connectivity index (χ4v) is 2.54. The molecule has 0 aliphatic rings. The Morgan fingerprint density at radius 2 is 0.963 bits per heavy atom. The van der Waals surface area contributed by atoms with Gasteiger partial charge in [-0.3, -0.25) is 0 Å². The van der Waals surface area contributed by atoms with E-state index in [2.05, 4.69) is 27.7 Å². The summed E-state index contributed by atoms with van der Waals surface area (Å²) in [4.78, 5) is 0. The highest BCUT2D eigenvalue weighted by Gasteiger charge is 2.24. The van der Waals surface area contributed by atoms with Crippen molar-refractivity contribution in [2.24, 2.45) is 35.0 Å². The standard InChI is InChI=1S/C8H18O.2C7H16O2/c1-5-8(4,6-9)7(2)3;2*1-5(2)7(4-8)6(3)9/h7,9H,5-6H2,1-4H3;2*5-9H,4H2,1-3H3/t;2*6-,7+/m.10/s1. The molecule has 0 aliphatic heterocycles. The Bertz CT molecular complexity index is 274. The molecule has 0 aromatic heterocycles. The average Bonchev–Trinajstić information content (AvgIpc) is 2.54. The van der Waals surface area contributed by atoms with Gasteiger partial charge < -0.3 is 25.5 Å². The molecule has 27 heavy (non-hydrogen) atoms. The van der Waals surface area contributed by atoms with Gasteiger partial charge in [0.15, 0.2) is 0 Å². The fourth-order valence-electron chi connectivity index (χ4n) is 2.54. The summed E-state index contributed by atoms with van der Waals surface area (Å²) in [6, 6.07) is 0. The molecular formula is C22H50O5. The van der Waals surface area contributed by atoms with Crippen LogP contribution in [0.25, 0.3) is 0 Å². The number of aliphatic hydroxyl groups excluding tert-OH is 5. The Balaban J connectivity index is -0.000000320. The highest BCUT2D eigenvalue weighted by Crippen LogP contribution is 2.29. The van der Waals surface area contributed by atoms with Crippen molar-refractivity contribution < 1.29 is 25.5 Å². The highest BCUT2D eigenvalue weighted by molar-refractivity contribution is 4.74. The van der Waals surface area contributed by atoms with Crippen LogP contribution in [0.2, 0.25) is 0 Å². The van der Waals surface area contributed by atoms with E-state index in [1.807, 2.05) is 27.7 Å². The van der Waals surface area contributed by atoms with E-state index in [4.69, 9.17) is 25.5 Å². The maximum atomic E-state index is 9.02. The molecule has 0 aliphatic carbocycles. The van der Waals surface area contributed by atoms with E-state index in [1.165, 1.54) is 0 Å². The van der Waals surface area contributed by atoms with Gasteiger partial charge in [0, 0.05) is 31.7 Å². The first kappa shape index (κ1) is 31.5. The van der Waals surface area contributed by atoms with Gasteiger partial charge in [0.2, 0.25) is 0 Å². The molecule has 168 valence electrons. The Morgan fingerprint density at radius 3 is 0.963 bits per heavy atom. The first-order valence-corrected chi connectivity index (χ1v) is 10.4. The van der Waals surface area contributed by atoms with Crippen LogP contribution in [0.4, 0.5) is 0 Å². The molecule has 0 aromatic rings. The van der Waals surface area contributed by atoms with Crippen LogP contribution in [0.15, 0.2) is 0 Å². The summed E-state index contributed by atoms with van der Waals surface area (Å²) in [7, 11) is 0. The van der Waals surface area contributed by atoms with Crippen LogP contribution < -0.4 is 0 Å². The van der Waals surface area contributed by atoms with E-state index in [9.17, 15) is 0 Å². The van der Waals surface area contributed by atoms with E-state index < -0.39 is 12.2 Å². The van der Waals surface area contributed by atoms with Crippen molar-refractivity contribution in [3.05, 3.63) is 0 Å². The Kier molecular flexibility index (Phi) is 19.5. The van der Waals surface area contributed by atoms with Crippen LogP contribution >= 0.6 is 0 Å². The van der Waals surface area contributed by atoms with Crippen molar-refractivity contribution in [1.82, 2.24) is 0 Å². The summed E-state index contributed by atoms with van der Waals surface area (Å²) in [5, 5.41) is 44.4. The van der Waals surface area contributed by atoms with E-state index in [0.717, 1.165) is 6.42 Å². The lowest BCUT2D eigenvalue weighted by atomic mass is 9.78. The molecule has 0 rings (SSSR count). The second kappa shape index (κ2) is 16.7. The van der Waals surface area contributed by atoms with Crippen molar-refractivity contribution in [2.45, 2.75) is 87.9 Å². The van der Waals surface area contributed by atoms with Crippen LogP contribution in [0.3, 0.4) is 0 Å². The van der Waals surface area contributed by atoms with E-state index in [-0.39, 0.29) is 30.5 Å². The Labute approximate surface area is 168 Å². The molecule has 5 nitrogen and oxygen atoms in total. The van der Waals surface area contributed by atoms with E-state index >= 15 is 0 Å². The van der Waals surface area contributed by atoms with Gasteiger partial charge in [-0.15, -0.1) is 0 Å². The van der Waals surface area contributed by atoms with Gasteiger partial charge in [-0.25, -0.2) is 0 Å². The minimum atomic E-state index is -0.394. The van der Waals surface area contributed by atoms with Crippen molar-refractivity contribution in [3.8, 4) is 0 Å². The largest absolute Gasteiger partial charge is 0.396 e. The summed E-state index contributed by atoms with van der Waals surface area (Å²) in [6.07, 6.45) is 0.270. The van der Waals surface area contributed by atoms with Crippen LogP contribution in [0, 0.1) is 35.0 Å². The van der Waals surface area contributed by atoms with Crippen LogP contribution in [-0.4, -0.2) is 57.6 Å². The van der Waals surface area contributed by atoms with E-state index in [0.29, 0.717) is 24.4 Å². The van der Waals surface area contributed by atoms with Gasteiger partial charge >= 0.3 is 0 Å². The molecular weight excluding hydrogens is 344 g/mol. The predicted molar refractivity (Wildman–Crippen MR) is 115 cm³/mol. The molecule has 5 atom stereocenters. The van der Waals surface area contributed by atoms with Crippen LogP contribution in [-0.2, 0) is 0 Å². The van der Waals surface area contributed by atoms with Crippen molar-refractivity contribution in [1.29, 1.82) is 0 Å². The van der Waals surface area contributed by atoms with Crippen LogP contribution in [0.1, 0.15) is 75.7 Å². The molecule has 5 N–H and O–H groups in total. The zero-order valence-electron chi connectivity index (χ0n) is 19.6. The maximum absolute atomic E-state index is 9.02. The topological polar surface area (TPSA) is 101 Å². The van der Waals surface area contributed by atoms with Crippen molar-refractivity contribution in [3.63, 3.8) is 0 Å². The lowest BCUT2D eigenvalue weighted by Crippen LogP contribution is -2.26. The molecule has 0 saturated carbocycles. The second-order valence-corrected chi connectivity index (χ2v) is 8.98. The minimum Gasteiger partial charge on any atom is -0.396 e. The summed E-state index contributed by atoms with van der Waals surface area (Å²) < 4.78 is 0. The minimum absolute atomic E-state index is 0.0324. The van der Waals surface area contributed by atoms with Gasteiger partial charge in [-0.05, 0) is 43.4 Å². The monoisotopic (exact) mass is 394 g/mol. The third-order valence-corrected chi connectivity index (χ3v) is 5.94. The lowest BCUT2D eigenvalue weighted by molar-refractivity contribution is 0.0536. The molecule has 0 aromatic carbocycles. The van der Waals surface area contributed by atoms with Gasteiger partial charge in [-0.1, -0.05) is 55.4 Å². The zero-order chi connectivity index (χ0) is 22.4. The summed E-state index contributed by atoms with van der Waals surface area (Å²) in [6.45, 7) is 20.4. The Morgan fingerprint density at radius 1 is 0.667 bits per heavy atom. The average molecular weight is 395 g/mol. The first-order chi connectivity index (χ1) is 12.2. The molecule has 0 amide bonds. The van der Waals surface area contributed by atoms with Gasteiger partial charge in [0.1, 0.15) is 0 Å². The normalized spacial score (nSPS) is 18.0. The molecule has 0 bridgehead atoms. The third kappa shape index (κ3) is 14.5. The number of hydrogen-bond acceptors (Lipinski definition) is 5. The molecule has 0 fully saturated rings. The number of hydrogen-bond donors (Lipinski definition) is 5. The fraction of sp³-hybridized carbons (Fsp3) is 1.00. The van der Waals surface area contributed by atoms with Gasteiger partial charge in [0.25, 0.3) is 0 Å². The molecule has 0 heterocycles. The number of rotatable bonds is 9. The second-order valence-electron chi connectivity index (χ2n) is 8.98. The SMILES string of the molecule is CC(C)[C@@H](CO)[C@H](C)O.CC(C)[C@H](CO)[C@@H](C)O.CCC(C)(CO)C(C)C. The smallest absolute Gasteiger partial charge is 0.0564 e. The summed E-state index contributed by atoms with van der Waals surface area (Å²) in [5.41, 5.74) is 0.139. The summed E-state index contributed by atoms with van der Waals surface area (Å²) >= 11 is 0. The first-order valence-electron chi connectivity index (χ1n) is 10.4. The molecule has 0 radical (unpaired) electrons. The molecule has 0 spiro atoms. The molecule has 1 unspecified atom stereocenters. The van der Waals surface area contributed by atoms with Crippen LogP contribution in [0.5, 0.6) is 0 Å². The molecule has 5 heteroatoms. The van der Waals surface area contributed by atoms with E-state index in [1.54, 1.807) is 13.8 Å².